The molecular weight excluding hydrogens is 654 g/mol. The number of aliphatic hydroxyl groups excluding tert-OH is 2. The van der Waals surface area contributed by atoms with Crippen LogP contribution in [0.15, 0.2) is 30.3 Å². The first kappa shape index (κ1) is 45.9. The van der Waals surface area contributed by atoms with Crippen LogP contribution in [0, 0.1) is 11.8 Å². The number of likely N-dealkylation sites (tertiary alicyclic amines) is 1. The molecule has 1 aliphatic rings. The van der Waals surface area contributed by atoms with Crippen LogP contribution in [0.2, 0.25) is 0 Å². The molecule has 1 aliphatic heterocycles. The van der Waals surface area contributed by atoms with Gasteiger partial charge in [0.1, 0.15) is 6.04 Å². The average molecular weight is 722 g/mol. The van der Waals surface area contributed by atoms with Crippen LogP contribution in [0.25, 0.3) is 0 Å². The number of ether oxygens (including phenoxy) is 2. The zero-order valence-electron chi connectivity index (χ0n) is 32.8. The molecule has 51 heavy (non-hydrogen) atoms. The molecule has 0 spiro atoms. The van der Waals surface area contributed by atoms with Gasteiger partial charge in [-0.25, -0.2) is 0 Å². The summed E-state index contributed by atoms with van der Waals surface area (Å²) < 4.78 is 11.7. The normalized spacial score (nSPS) is 18.4. The van der Waals surface area contributed by atoms with E-state index in [1.54, 1.807) is 49.9 Å². The summed E-state index contributed by atoms with van der Waals surface area (Å²) in [6, 6.07) is 7.60. The second-order valence-electron chi connectivity index (χ2n) is 13.8. The maximum atomic E-state index is 13.9. The molecular formula is C38H67N5O8. The number of carbonyl (C=O) groups excluding carboxylic acids is 4. The molecule has 1 heterocycles. The van der Waals surface area contributed by atoms with E-state index in [9.17, 15) is 29.4 Å². The van der Waals surface area contributed by atoms with Crippen molar-refractivity contribution in [3.8, 4) is 0 Å². The highest BCUT2D eigenvalue weighted by Gasteiger charge is 2.42. The molecule has 1 aromatic carbocycles. The third kappa shape index (κ3) is 14.1. The number of carbonyl (C=O) groups is 4. The highest BCUT2D eigenvalue weighted by Crippen LogP contribution is 2.29. The van der Waals surface area contributed by atoms with E-state index in [2.05, 4.69) is 24.5 Å². The first-order valence-electron chi connectivity index (χ1n) is 18.4. The molecule has 8 atom stereocenters. The number of rotatable bonds is 20. The monoisotopic (exact) mass is 721 g/mol. The van der Waals surface area contributed by atoms with Gasteiger partial charge in [0.25, 0.3) is 0 Å². The molecule has 13 heteroatoms. The van der Waals surface area contributed by atoms with Gasteiger partial charge in [0, 0.05) is 27.8 Å². The first-order valence-corrected chi connectivity index (χ1v) is 18.4. The predicted octanol–water partition coefficient (Wildman–Crippen LogP) is 2.08. The maximum Gasteiger partial charge on any atom is 0.242 e. The van der Waals surface area contributed by atoms with Crippen LogP contribution >= 0.6 is 0 Å². The van der Waals surface area contributed by atoms with Gasteiger partial charge < -0.3 is 40.1 Å². The minimum Gasteiger partial charge on any atom is -0.394 e. The number of amides is 4. The lowest BCUT2D eigenvalue weighted by Gasteiger charge is -2.39. The highest BCUT2D eigenvalue weighted by atomic mass is 16.5. The molecule has 1 fully saturated rings. The van der Waals surface area contributed by atoms with E-state index in [1.807, 2.05) is 44.2 Å². The first-order chi connectivity index (χ1) is 24.3. The zero-order valence-corrected chi connectivity index (χ0v) is 32.8. The van der Waals surface area contributed by atoms with Crippen LogP contribution in [-0.4, -0.2) is 147 Å². The van der Waals surface area contributed by atoms with Crippen molar-refractivity contribution in [2.24, 2.45) is 11.8 Å². The molecule has 1 saturated heterocycles. The Balaban J connectivity index is 0.00000418. The van der Waals surface area contributed by atoms with E-state index in [-0.39, 0.29) is 55.9 Å². The molecule has 13 nitrogen and oxygen atoms in total. The Morgan fingerprint density at radius 1 is 0.961 bits per heavy atom. The van der Waals surface area contributed by atoms with Crippen molar-refractivity contribution in [1.82, 2.24) is 25.3 Å². The van der Waals surface area contributed by atoms with Crippen LogP contribution in [0.1, 0.15) is 72.3 Å². The van der Waals surface area contributed by atoms with E-state index in [0.717, 1.165) is 18.4 Å². The minimum atomic E-state index is -0.777. The van der Waals surface area contributed by atoms with Crippen molar-refractivity contribution >= 4 is 23.6 Å². The van der Waals surface area contributed by atoms with Crippen molar-refractivity contribution in [2.75, 3.05) is 61.7 Å². The summed E-state index contributed by atoms with van der Waals surface area (Å²) in [5.41, 5.74) is 1.00. The third-order valence-corrected chi connectivity index (χ3v) is 9.71. The van der Waals surface area contributed by atoms with Crippen molar-refractivity contribution < 1.29 is 38.9 Å². The van der Waals surface area contributed by atoms with Crippen LogP contribution < -0.4 is 10.6 Å². The zero-order chi connectivity index (χ0) is 38.7. The minimum absolute atomic E-state index is 0.0138. The number of likely N-dealkylation sites (N-methyl/N-ethyl adjacent to an activating group) is 2. The molecule has 292 valence electrons. The lowest BCUT2D eigenvalue weighted by molar-refractivity contribution is -0.146. The van der Waals surface area contributed by atoms with E-state index in [4.69, 9.17) is 9.47 Å². The molecule has 8 unspecified atom stereocenters. The Labute approximate surface area is 306 Å². The Bertz CT molecular complexity index is 1170. The van der Waals surface area contributed by atoms with E-state index in [0.29, 0.717) is 19.4 Å². The second-order valence-corrected chi connectivity index (χ2v) is 13.8. The fourth-order valence-electron chi connectivity index (χ4n) is 6.60. The summed E-state index contributed by atoms with van der Waals surface area (Å²) in [6.45, 7) is 9.68. The fraction of sp³-hybridized carbons (Fsp3) is 0.737. The van der Waals surface area contributed by atoms with Crippen LogP contribution in [0.5, 0.6) is 0 Å². The SMILES string of the molecule is CCC.CCC(C)C(C(CC(=O)N1CCCC1C(OC)C(C)C(=O)NC(CO)Cc1ccccc1)OC)N(C)C(=O)CNC(=O)C(CO)N(C)C. The Hall–Kier alpha value is -3.10. The summed E-state index contributed by atoms with van der Waals surface area (Å²) in [6.07, 6.45) is 2.69. The summed E-state index contributed by atoms with van der Waals surface area (Å²) in [7, 11) is 8.05. The quantitative estimate of drug-likeness (QED) is 0.158. The molecule has 4 amide bonds. The molecule has 0 radical (unpaired) electrons. The molecule has 4 N–H and O–H groups in total. The van der Waals surface area contributed by atoms with Crippen LogP contribution in [0.4, 0.5) is 0 Å². The van der Waals surface area contributed by atoms with Gasteiger partial charge in [-0.3, -0.25) is 24.1 Å². The number of hydrogen-bond acceptors (Lipinski definition) is 9. The van der Waals surface area contributed by atoms with Gasteiger partial charge in [-0.15, -0.1) is 0 Å². The van der Waals surface area contributed by atoms with Crippen molar-refractivity contribution in [2.45, 2.75) is 110 Å². The summed E-state index contributed by atoms with van der Waals surface area (Å²) in [4.78, 5) is 58.0. The Morgan fingerprint density at radius 3 is 2.10 bits per heavy atom. The second kappa shape index (κ2) is 24.2. The summed E-state index contributed by atoms with van der Waals surface area (Å²) >= 11 is 0. The number of benzene rings is 1. The standard InChI is InChI=1S/C35H59N5O8.C3H8/c1-9-23(2)32(39(6)31(44)20-36-35(46)28(22-42)38(4)5)29(47-7)19-30(43)40-17-13-16-27(40)33(48-8)24(3)34(45)37-26(21-41)18-25-14-11-10-12-15-25;1-3-2/h10-12,14-15,23-24,26-29,32-33,41-42H,9,13,16-22H2,1-8H3,(H,36,46)(H,37,45);3H2,1-2H3. The Kier molecular flexibility index (Phi) is 21.8. The fourth-order valence-corrected chi connectivity index (χ4v) is 6.60. The van der Waals surface area contributed by atoms with Gasteiger partial charge in [-0.2, -0.15) is 0 Å². The van der Waals surface area contributed by atoms with Crippen molar-refractivity contribution in [3.63, 3.8) is 0 Å². The molecule has 1 aromatic rings. The Morgan fingerprint density at radius 2 is 1.59 bits per heavy atom. The molecule has 0 saturated carbocycles. The van der Waals surface area contributed by atoms with Crippen molar-refractivity contribution in [1.29, 1.82) is 0 Å². The van der Waals surface area contributed by atoms with E-state index >= 15 is 0 Å². The largest absolute Gasteiger partial charge is 0.394 e. The maximum absolute atomic E-state index is 13.9. The smallest absolute Gasteiger partial charge is 0.242 e. The molecule has 0 aromatic heterocycles. The average Bonchev–Trinajstić information content (AvgIpc) is 3.60. The number of nitrogens with zero attached hydrogens (tertiary/aromatic N) is 3. The number of methoxy groups -OCH3 is 2. The number of hydrogen-bond donors (Lipinski definition) is 4. The van der Waals surface area contributed by atoms with Crippen LogP contribution in [0.3, 0.4) is 0 Å². The van der Waals surface area contributed by atoms with E-state index in [1.165, 1.54) is 13.5 Å². The molecule has 0 aliphatic carbocycles. The van der Waals surface area contributed by atoms with Gasteiger partial charge >= 0.3 is 0 Å². The topological polar surface area (TPSA) is 161 Å². The predicted molar refractivity (Wildman–Crippen MR) is 199 cm³/mol. The van der Waals surface area contributed by atoms with Gasteiger partial charge in [0.15, 0.2) is 0 Å². The lowest BCUT2D eigenvalue weighted by Crippen LogP contribution is -2.55. The number of aliphatic hydroxyl groups is 2. The van der Waals surface area contributed by atoms with Gasteiger partial charge in [-0.05, 0) is 44.8 Å². The molecule has 0 bridgehead atoms. The highest BCUT2D eigenvalue weighted by molar-refractivity contribution is 5.87. The van der Waals surface area contributed by atoms with Crippen molar-refractivity contribution in [3.05, 3.63) is 35.9 Å². The lowest BCUT2D eigenvalue weighted by atomic mass is 9.90. The van der Waals surface area contributed by atoms with Gasteiger partial charge in [-0.1, -0.05) is 77.8 Å². The van der Waals surface area contributed by atoms with Gasteiger partial charge in [0.05, 0.1) is 62.4 Å². The van der Waals surface area contributed by atoms with E-state index < -0.39 is 42.2 Å². The van der Waals surface area contributed by atoms with Gasteiger partial charge in [0.2, 0.25) is 23.6 Å². The molecule has 2 rings (SSSR count). The summed E-state index contributed by atoms with van der Waals surface area (Å²) in [5.74, 6) is -1.84. The number of nitrogens with one attached hydrogen (secondary N) is 2. The summed E-state index contributed by atoms with van der Waals surface area (Å²) in [5, 5.41) is 25.1. The third-order valence-electron chi connectivity index (χ3n) is 9.71. The van der Waals surface area contributed by atoms with Crippen LogP contribution in [-0.2, 0) is 35.1 Å².